The number of carbonyl (C=O) groups is 1. The minimum absolute atomic E-state index is 0.0830. The highest BCUT2D eigenvalue weighted by Gasteiger charge is 2.07. The summed E-state index contributed by atoms with van der Waals surface area (Å²) in [6.45, 7) is 6.83. The SMILES string of the molecule is Cc1ccc(C(=O)NCCNc2cc(-n3ccnc3C)nc(C)n2)cc1. The van der Waals surface area contributed by atoms with Gasteiger partial charge in [0.25, 0.3) is 5.91 Å². The van der Waals surface area contributed by atoms with Crippen molar-refractivity contribution in [3.63, 3.8) is 0 Å². The van der Waals surface area contributed by atoms with Crippen molar-refractivity contribution in [2.75, 3.05) is 18.4 Å². The molecule has 0 saturated heterocycles. The first-order valence-corrected chi connectivity index (χ1v) is 8.47. The predicted molar refractivity (Wildman–Crippen MR) is 101 cm³/mol. The average molecular weight is 350 g/mol. The van der Waals surface area contributed by atoms with E-state index in [-0.39, 0.29) is 5.91 Å². The second-order valence-corrected chi connectivity index (χ2v) is 6.05. The summed E-state index contributed by atoms with van der Waals surface area (Å²) in [6, 6.07) is 9.37. The number of aromatic nitrogens is 4. The topological polar surface area (TPSA) is 84.7 Å². The molecule has 7 heteroatoms. The van der Waals surface area contributed by atoms with Gasteiger partial charge < -0.3 is 10.6 Å². The molecule has 7 nitrogen and oxygen atoms in total. The van der Waals surface area contributed by atoms with E-state index in [4.69, 9.17) is 0 Å². The first-order valence-electron chi connectivity index (χ1n) is 8.47. The van der Waals surface area contributed by atoms with Crippen LogP contribution in [-0.2, 0) is 0 Å². The van der Waals surface area contributed by atoms with Crippen LogP contribution >= 0.6 is 0 Å². The van der Waals surface area contributed by atoms with Gasteiger partial charge in [-0.1, -0.05) is 17.7 Å². The van der Waals surface area contributed by atoms with Gasteiger partial charge in [-0.2, -0.15) is 0 Å². The Morgan fingerprint density at radius 1 is 1.08 bits per heavy atom. The third-order valence-corrected chi connectivity index (χ3v) is 3.93. The van der Waals surface area contributed by atoms with Crippen LogP contribution in [0.1, 0.15) is 27.6 Å². The summed E-state index contributed by atoms with van der Waals surface area (Å²) in [5.74, 6) is 2.92. The molecule has 26 heavy (non-hydrogen) atoms. The van der Waals surface area contributed by atoms with Crippen LogP contribution in [0.25, 0.3) is 5.82 Å². The van der Waals surface area contributed by atoms with E-state index in [1.807, 2.05) is 61.9 Å². The van der Waals surface area contributed by atoms with Crippen molar-refractivity contribution < 1.29 is 4.79 Å². The van der Waals surface area contributed by atoms with Crippen molar-refractivity contribution in [1.29, 1.82) is 0 Å². The smallest absolute Gasteiger partial charge is 0.251 e. The van der Waals surface area contributed by atoms with Gasteiger partial charge in [0.05, 0.1) is 0 Å². The second-order valence-electron chi connectivity index (χ2n) is 6.05. The summed E-state index contributed by atoms with van der Waals surface area (Å²) >= 11 is 0. The molecule has 2 aromatic heterocycles. The number of rotatable bonds is 6. The van der Waals surface area contributed by atoms with Crippen LogP contribution in [0.2, 0.25) is 0 Å². The van der Waals surface area contributed by atoms with Gasteiger partial charge in [0.1, 0.15) is 23.3 Å². The Labute approximate surface area is 152 Å². The predicted octanol–water partition coefficient (Wildman–Crippen LogP) is 2.43. The molecule has 0 bridgehead atoms. The van der Waals surface area contributed by atoms with Crippen molar-refractivity contribution in [3.05, 3.63) is 65.5 Å². The Balaban J connectivity index is 1.56. The van der Waals surface area contributed by atoms with Crippen molar-refractivity contribution >= 4 is 11.7 Å². The minimum Gasteiger partial charge on any atom is -0.368 e. The van der Waals surface area contributed by atoms with Crippen molar-refractivity contribution in [3.8, 4) is 5.82 Å². The van der Waals surface area contributed by atoms with Crippen LogP contribution in [0.3, 0.4) is 0 Å². The molecule has 0 fully saturated rings. The Morgan fingerprint density at radius 3 is 2.54 bits per heavy atom. The second kappa shape index (κ2) is 7.77. The van der Waals surface area contributed by atoms with Gasteiger partial charge in [0.15, 0.2) is 0 Å². The summed E-state index contributed by atoms with van der Waals surface area (Å²) in [7, 11) is 0. The van der Waals surface area contributed by atoms with Crippen LogP contribution in [0, 0.1) is 20.8 Å². The number of amides is 1. The third kappa shape index (κ3) is 4.24. The normalized spacial score (nSPS) is 10.6. The molecular weight excluding hydrogens is 328 g/mol. The van der Waals surface area contributed by atoms with Gasteiger partial charge in [-0.05, 0) is 32.9 Å². The highest BCUT2D eigenvalue weighted by molar-refractivity contribution is 5.94. The van der Waals surface area contributed by atoms with Crippen LogP contribution in [0.4, 0.5) is 5.82 Å². The summed E-state index contributed by atoms with van der Waals surface area (Å²) in [5.41, 5.74) is 1.79. The maximum Gasteiger partial charge on any atom is 0.251 e. The fraction of sp³-hybridized carbons (Fsp3) is 0.263. The fourth-order valence-electron chi connectivity index (χ4n) is 2.56. The van der Waals surface area contributed by atoms with Crippen LogP contribution in [0.15, 0.2) is 42.7 Å². The zero-order chi connectivity index (χ0) is 18.5. The molecular formula is C19H22N6O. The number of aryl methyl sites for hydroxylation is 3. The molecule has 0 unspecified atom stereocenters. The zero-order valence-electron chi connectivity index (χ0n) is 15.2. The zero-order valence-corrected chi connectivity index (χ0v) is 15.2. The largest absolute Gasteiger partial charge is 0.368 e. The average Bonchev–Trinajstić information content (AvgIpc) is 3.05. The molecule has 3 rings (SSSR count). The third-order valence-electron chi connectivity index (χ3n) is 3.93. The van der Waals surface area contributed by atoms with Crippen LogP contribution < -0.4 is 10.6 Å². The molecule has 0 aliphatic rings. The molecule has 1 amide bonds. The molecule has 0 spiro atoms. The fourth-order valence-corrected chi connectivity index (χ4v) is 2.56. The molecule has 0 atom stereocenters. The quantitative estimate of drug-likeness (QED) is 0.667. The van der Waals surface area contributed by atoms with E-state index in [1.54, 1.807) is 6.20 Å². The highest BCUT2D eigenvalue weighted by atomic mass is 16.1. The summed E-state index contributed by atoms with van der Waals surface area (Å²) in [4.78, 5) is 25.1. The lowest BCUT2D eigenvalue weighted by Crippen LogP contribution is -2.29. The number of carbonyl (C=O) groups excluding carboxylic acids is 1. The molecule has 0 aliphatic carbocycles. The van der Waals surface area contributed by atoms with Gasteiger partial charge in [-0.3, -0.25) is 9.36 Å². The lowest BCUT2D eigenvalue weighted by atomic mass is 10.1. The van der Waals surface area contributed by atoms with Gasteiger partial charge >= 0.3 is 0 Å². The van der Waals surface area contributed by atoms with Crippen molar-refractivity contribution in [1.82, 2.24) is 24.8 Å². The molecule has 0 aliphatic heterocycles. The molecule has 0 saturated carbocycles. The number of nitrogens with one attached hydrogen (secondary N) is 2. The number of hydrogen-bond donors (Lipinski definition) is 2. The van der Waals surface area contributed by atoms with Crippen molar-refractivity contribution in [2.24, 2.45) is 0 Å². The van der Waals surface area contributed by atoms with E-state index >= 15 is 0 Å². The van der Waals surface area contributed by atoms with E-state index in [0.717, 1.165) is 17.2 Å². The molecule has 0 radical (unpaired) electrons. The van der Waals surface area contributed by atoms with E-state index in [0.29, 0.717) is 30.3 Å². The lowest BCUT2D eigenvalue weighted by molar-refractivity contribution is 0.0955. The minimum atomic E-state index is -0.0830. The van der Waals surface area contributed by atoms with Gasteiger partial charge in [0.2, 0.25) is 0 Å². The highest BCUT2D eigenvalue weighted by Crippen LogP contribution is 2.12. The first-order chi connectivity index (χ1) is 12.5. The molecule has 2 heterocycles. The molecule has 3 aromatic rings. The molecule has 2 N–H and O–H groups in total. The first kappa shape index (κ1) is 17.6. The number of hydrogen-bond acceptors (Lipinski definition) is 5. The van der Waals surface area contributed by atoms with Crippen molar-refractivity contribution in [2.45, 2.75) is 20.8 Å². The number of imidazole rings is 1. The maximum absolute atomic E-state index is 12.1. The van der Waals surface area contributed by atoms with Gasteiger partial charge in [-0.15, -0.1) is 0 Å². The Hall–Kier alpha value is -3.22. The Bertz CT molecular complexity index is 901. The van der Waals surface area contributed by atoms with Gasteiger partial charge in [0, 0.05) is 37.1 Å². The molecule has 134 valence electrons. The van der Waals surface area contributed by atoms with E-state index in [9.17, 15) is 4.79 Å². The summed E-state index contributed by atoms with van der Waals surface area (Å²) in [6.07, 6.45) is 3.60. The van der Waals surface area contributed by atoms with Crippen LogP contribution in [-0.4, -0.2) is 38.5 Å². The van der Waals surface area contributed by atoms with E-state index < -0.39 is 0 Å². The molecule has 1 aromatic carbocycles. The summed E-state index contributed by atoms with van der Waals surface area (Å²) < 4.78 is 1.90. The summed E-state index contributed by atoms with van der Waals surface area (Å²) in [5, 5.41) is 6.12. The van der Waals surface area contributed by atoms with Gasteiger partial charge in [-0.25, -0.2) is 15.0 Å². The van der Waals surface area contributed by atoms with Crippen LogP contribution in [0.5, 0.6) is 0 Å². The number of benzene rings is 1. The van der Waals surface area contributed by atoms with E-state index in [2.05, 4.69) is 25.6 Å². The number of nitrogens with zero attached hydrogens (tertiary/aromatic N) is 4. The Morgan fingerprint density at radius 2 is 1.85 bits per heavy atom. The maximum atomic E-state index is 12.1. The standard InChI is InChI=1S/C19H22N6O/c1-13-4-6-16(7-5-13)19(26)22-9-8-21-17-12-18(24-14(2)23-17)25-11-10-20-15(25)3/h4-7,10-12H,8-9H2,1-3H3,(H,22,26)(H,21,23,24). The Kier molecular flexibility index (Phi) is 5.26. The number of anilines is 1. The van der Waals surface area contributed by atoms with E-state index in [1.165, 1.54) is 0 Å². The lowest BCUT2D eigenvalue weighted by Gasteiger charge is -2.10. The monoisotopic (exact) mass is 350 g/mol.